The van der Waals surface area contributed by atoms with Crippen LogP contribution in [0.1, 0.15) is 16.0 Å². The van der Waals surface area contributed by atoms with E-state index in [2.05, 4.69) is 76.7 Å². The molecular weight excluding hydrogens is 416 g/mol. The van der Waals surface area contributed by atoms with Crippen molar-refractivity contribution in [2.75, 3.05) is 0 Å². The molecule has 0 aliphatic rings. The Morgan fingerprint density at radius 3 is 2.38 bits per heavy atom. The molecule has 0 spiro atoms. The van der Waals surface area contributed by atoms with E-state index in [1.807, 2.05) is 6.07 Å². The summed E-state index contributed by atoms with van der Waals surface area (Å²) in [5.41, 5.74) is 2.66. The Morgan fingerprint density at radius 1 is 1.12 bits per heavy atom. The molecule has 0 fully saturated rings. The lowest BCUT2D eigenvalue weighted by atomic mass is 10.1. The Kier molecular flexibility index (Phi) is 4.65. The van der Waals surface area contributed by atoms with Crippen LogP contribution in [0, 0.1) is 0 Å². The van der Waals surface area contributed by atoms with Crippen molar-refractivity contribution in [1.29, 1.82) is 0 Å². The topological polar surface area (TPSA) is 0 Å². The fourth-order valence-electron chi connectivity index (χ4n) is 1.49. The van der Waals surface area contributed by atoms with Crippen molar-refractivity contribution in [1.82, 2.24) is 0 Å². The first-order chi connectivity index (χ1) is 7.65. The highest BCUT2D eigenvalue weighted by Gasteiger charge is 2.10. The number of thiophene rings is 1. The lowest BCUT2D eigenvalue weighted by Crippen LogP contribution is -1.94. The summed E-state index contributed by atoms with van der Waals surface area (Å²) in [5.74, 6) is 0. The molecule has 0 aliphatic carbocycles. The molecule has 2 rings (SSSR count). The Hall–Kier alpha value is 0.360. The molecule has 2 aromatic rings. The molecule has 0 saturated carbocycles. The highest BCUT2D eigenvalue weighted by Crippen LogP contribution is 2.31. The van der Waals surface area contributed by atoms with Crippen molar-refractivity contribution in [2.24, 2.45) is 0 Å². The van der Waals surface area contributed by atoms with Gasteiger partial charge < -0.3 is 0 Å². The van der Waals surface area contributed by atoms with Crippen LogP contribution >= 0.6 is 59.1 Å². The standard InChI is InChI=1S/C12H9Br3S/c13-10-4-9(5-11(14)6-10)12(15)3-8-1-2-16-7-8/h1-2,4-7,12H,3H2. The highest BCUT2D eigenvalue weighted by molar-refractivity contribution is 9.11. The zero-order chi connectivity index (χ0) is 11.5. The first-order valence-corrected chi connectivity index (χ1v) is 8.21. The zero-order valence-electron chi connectivity index (χ0n) is 8.29. The molecule has 16 heavy (non-hydrogen) atoms. The number of rotatable bonds is 3. The van der Waals surface area contributed by atoms with Gasteiger partial charge in [-0.2, -0.15) is 11.3 Å². The summed E-state index contributed by atoms with van der Waals surface area (Å²) in [6.07, 6.45) is 1.02. The molecule has 1 aromatic heterocycles. The van der Waals surface area contributed by atoms with Crippen LogP contribution in [-0.2, 0) is 6.42 Å². The molecular formula is C12H9Br3S. The van der Waals surface area contributed by atoms with Crippen molar-refractivity contribution in [3.8, 4) is 0 Å². The number of hydrogen-bond acceptors (Lipinski definition) is 1. The summed E-state index contributed by atoms with van der Waals surface area (Å²) in [5, 5.41) is 4.31. The molecule has 0 aliphatic heterocycles. The van der Waals surface area contributed by atoms with E-state index in [1.165, 1.54) is 11.1 Å². The number of hydrogen-bond donors (Lipinski definition) is 0. The lowest BCUT2D eigenvalue weighted by molar-refractivity contribution is 0.952. The molecule has 0 nitrogen and oxygen atoms in total. The summed E-state index contributed by atoms with van der Waals surface area (Å²) in [7, 11) is 0. The first-order valence-electron chi connectivity index (χ1n) is 4.76. The lowest BCUT2D eigenvalue weighted by Gasteiger charge is -2.10. The van der Waals surface area contributed by atoms with Crippen molar-refractivity contribution >= 4 is 59.1 Å². The molecule has 1 atom stereocenters. The summed E-state index contributed by atoms with van der Waals surface area (Å²) < 4.78 is 2.21. The van der Waals surface area contributed by atoms with Crippen LogP contribution in [-0.4, -0.2) is 0 Å². The maximum Gasteiger partial charge on any atom is 0.0436 e. The highest BCUT2D eigenvalue weighted by atomic mass is 79.9. The van der Waals surface area contributed by atoms with Gasteiger partial charge in [-0.1, -0.05) is 47.8 Å². The Balaban J connectivity index is 2.17. The third-order valence-corrected chi connectivity index (χ3v) is 4.74. The second kappa shape index (κ2) is 5.80. The van der Waals surface area contributed by atoms with Crippen LogP contribution < -0.4 is 0 Å². The predicted octanol–water partition coefficient (Wildman–Crippen LogP) is 5.95. The van der Waals surface area contributed by atoms with Crippen molar-refractivity contribution in [2.45, 2.75) is 11.2 Å². The van der Waals surface area contributed by atoms with Crippen LogP contribution in [0.4, 0.5) is 0 Å². The normalized spacial score (nSPS) is 12.7. The number of alkyl halides is 1. The summed E-state index contributed by atoms with van der Waals surface area (Å²) >= 11 is 12.5. The Morgan fingerprint density at radius 2 is 1.81 bits per heavy atom. The van der Waals surface area contributed by atoms with E-state index in [-0.39, 0.29) is 0 Å². The summed E-state index contributed by atoms with van der Waals surface area (Å²) in [4.78, 5) is 0.357. The molecule has 0 saturated heterocycles. The van der Waals surface area contributed by atoms with Gasteiger partial charge in [0, 0.05) is 13.8 Å². The average Bonchev–Trinajstić information content (AvgIpc) is 2.68. The van der Waals surface area contributed by atoms with Crippen LogP contribution in [0.2, 0.25) is 0 Å². The maximum absolute atomic E-state index is 3.74. The molecule has 0 N–H and O–H groups in total. The maximum atomic E-state index is 3.74. The van der Waals surface area contributed by atoms with E-state index < -0.39 is 0 Å². The van der Waals surface area contributed by atoms with E-state index in [1.54, 1.807) is 11.3 Å². The minimum atomic E-state index is 0.357. The quantitative estimate of drug-likeness (QED) is 0.534. The monoisotopic (exact) mass is 422 g/mol. The smallest absolute Gasteiger partial charge is 0.0436 e. The van der Waals surface area contributed by atoms with E-state index in [4.69, 9.17) is 0 Å². The van der Waals surface area contributed by atoms with Gasteiger partial charge in [-0.05, 0) is 52.6 Å². The van der Waals surface area contributed by atoms with Gasteiger partial charge in [-0.15, -0.1) is 0 Å². The van der Waals surface area contributed by atoms with E-state index in [0.717, 1.165) is 15.4 Å². The van der Waals surface area contributed by atoms with Crippen molar-refractivity contribution in [3.63, 3.8) is 0 Å². The van der Waals surface area contributed by atoms with Crippen LogP contribution in [0.3, 0.4) is 0 Å². The van der Waals surface area contributed by atoms with E-state index >= 15 is 0 Å². The second-order valence-corrected chi connectivity index (χ2v) is 7.22. The second-order valence-electron chi connectivity index (χ2n) is 3.51. The molecule has 1 heterocycles. The van der Waals surface area contributed by atoms with E-state index in [0.29, 0.717) is 4.83 Å². The fraction of sp³-hybridized carbons (Fsp3) is 0.167. The van der Waals surface area contributed by atoms with Gasteiger partial charge in [0.1, 0.15) is 0 Å². The third-order valence-electron chi connectivity index (χ3n) is 2.24. The molecule has 0 amide bonds. The summed E-state index contributed by atoms with van der Waals surface area (Å²) in [6, 6.07) is 8.52. The van der Waals surface area contributed by atoms with Gasteiger partial charge in [0.15, 0.2) is 0 Å². The predicted molar refractivity (Wildman–Crippen MR) is 81.5 cm³/mol. The van der Waals surface area contributed by atoms with Crippen LogP contribution in [0.5, 0.6) is 0 Å². The van der Waals surface area contributed by atoms with Crippen molar-refractivity contribution in [3.05, 3.63) is 55.1 Å². The van der Waals surface area contributed by atoms with Gasteiger partial charge in [-0.25, -0.2) is 0 Å². The first kappa shape index (κ1) is 12.8. The average molecular weight is 425 g/mol. The number of halogens is 3. The molecule has 0 bridgehead atoms. The van der Waals surface area contributed by atoms with Crippen LogP contribution in [0.15, 0.2) is 44.0 Å². The molecule has 1 aromatic carbocycles. The Bertz CT molecular complexity index is 445. The minimum absolute atomic E-state index is 0.357. The van der Waals surface area contributed by atoms with Gasteiger partial charge in [-0.3, -0.25) is 0 Å². The van der Waals surface area contributed by atoms with Gasteiger partial charge in [0.2, 0.25) is 0 Å². The molecule has 0 radical (unpaired) electrons. The van der Waals surface area contributed by atoms with Gasteiger partial charge >= 0.3 is 0 Å². The van der Waals surface area contributed by atoms with Crippen molar-refractivity contribution < 1.29 is 0 Å². The zero-order valence-corrected chi connectivity index (χ0v) is 13.9. The van der Waals surface area contributed by atoms with Gasteiger partial charge in [0.25, 0.3) is 0 Å². The summed E-state index contributed by atoms with van der Waals surface area (Å²) in [6.45, 7) is 0. The fourth-order valence-corrected chi connectivity index (χ4v) is 4.14. The number of benzene rings is 1. The van der Waals surface area contributed by atoms with E-state index in [9.17, 15) is 0 Å². The minimum Gasteiger partial charge on any atom is -0.152 e. The van der Waals surface area contributed by atoms with Gasteiger partial charge in [0.05, 0.1) is 0 Å². The third kappa shape index (κ3) is 3.42. The molecule has 84 valence electrons. The Labute approximate surface area is 124 Å². The SMILES string of the molecule is Brc1cc(Br)cc(C(Br)Cc2ccsc2)c1. The largest absolute Gasteiger partial charge is 0.152 e. The van der Waals surface area contributed by atoms with Crippen LogP contribution in [0.25, 0.3) is 0 Å². The molecule has 1 unspecified atom stereocenters. The molecule has 4 heteroatoms.